The van der Waals surface area contributed by atoms with Gasteiger partial charge in [0.25, 0.3) is 6.20 Å². The molecule has 0 bridgehead atoms. The average molecular weight is 281 g/mol. The van der Waals surface area contributed by atoms with Gasteiger partial charge in [0.15, 0.2) is 5.82 Å². The molecule has 0 aromatic carbocycles. The third kappa shape index (κ3) is 3.23. The van der Waals surface area contributed by atoms with Crippen LogP contribution in [0.25, 0.3) is 0 Å². The monoisotopic (exact) mass is 280 g/mol. The van der Waals surface area contributed by atoms with E-state index >= 15 is 0 Å². The molecule has 6 nitrogen and oxygen atoms in total. The average Bonchev–Trinajstić information content (AvgIpc) is 2.74. The number of halogens is 1. The Balaban J connectivity index is 2.20. The van der Waals surface area contributed by atoms with Crippen LogP contribution >= 0.6 is 11.6 Å². The minimum Gasteiger partial charge on any atom is -0.364 e. The van der Waals surface area contributed by atoms with Gasteiger partial charge in [0.2, 0.25) is 0 Å². The Labute approximate surface area is 115 Å². The maximum Gasteiger partial charge on any atom is 0.274 e. The van der Waals surface area contributed by atoms with Crippen LogP contribution in [-0.4, -0.2) is 27.4 Å². The first kappa shape index (κ1) is 13.4. The van der Waals surface area contributed by atoms with E-state index in [2.05, 4.69) is 16.9 Å². The maximum absolute atomic E-state index is 10.6. The summed E-state index contributed by atoms with van der Waals surface area (Å²) < 4.78 is 0. The number of rotatable bonds is 4. The van der Waals surface area contributed by atoms with E-state index in [1.54, 1.807) is 18.3 Å². The fourth-order valence-electron chi connectivity index (χ4n) is 1.93. The lowest BCUT2D eigenvalue weighted by Crippen LogP contribution is -2.28. The van der Waals surface area contributed by atoms with E-state index in [4.69, 9.17) is 11.6 Å². The molecule has 0 radical (unpaired) electrons. The first-order valence-electron chi connectivity index (χ1n) is 5.69. The molecule has 1 saturated heterocycles. The van der Waals surface area contributed by atoms with E-state index < -0.39 is 4.92 Å². The fourth-order valence-corrected chi connectivity index (χ4v) is 2.04. The third-order valence-corrected chi connectivity index (χ3v) is 3.07. The van der Waals surface area contributed by atoms with Crippen molar-refractivity contribution in [1.29, 1.82) is 0 Å². The molecule has 1 aliphatic heterocycles. The maximum atomic E-state index is 10.6. The summed E-state index contributed by atoms with van der Waals surface area (Å²) in [4.78, 5) is 16.0. The molecule has 7 heteroatoms. The van der Waals surface area contributed by atoms with Crippen LogP contribution in [0, 0.1) is 10.1 Å². The molecule has 1 aromatic rings. The first-order chi connectivity index (χ1) is 9.10. The SMILES string of the molecule is C=C[C@@H]1CN/C(=C\[N+](=O)[O-])N1Cc1ccc(Cl)nc1. The zero-order valence-corrected chi connectivity index (χ0v) is 10.9. The van der Waals surface area contributed by atoms with Crippen LogP contribution in [-0.2, 0) is 6.54 Å². The van der Waals surface area contributed by atoms with Crippen molar-refractivity contribution in [1.82, 2.24) is 15.2 Å². The molecule has 0 spiro atoms. The highest BCUT2D eigenvalue weighted by Crippen LogP contribution is 2.19. The molecule has 0 saturated carbocycles. The predicted octanol–water partition coefficient (Wildman–Crippen LogP) is 1.77. The fraction of sp³-hybridized carbons (Fsp3) is 0.250. The van der Waals surface area contributed by atoms with Crippen LogP contribution in [0.1, 0.15) is 5.56 Å². The smallest absolute Gasteiger partial charge is 0.274 e. The highest BCUT2D eigenvalue weighted by molar-refractivity contribution is 6.29. The van der Waals surface area contributed by atoms with Crippen molar-refractivity contribution in [2.45, 2.75) is 12.6 Å². The van der Waals surface area contributed by atoms with Crippen LogP contribution in [0.2, 0.25) is 5.15 Å². The molecule has 1 aromatic heterocycles. The van der Waals surface area contributed by atoms with E-state index in [0.29, 0.717) is 24.1 Å². The van der Waals surface area contributed by atoms with E-state index in [-0.39, 0.29) is 6.04 Å². The van der Waals surface area contributed by atoms with Crippen LogP contribution < -0.4 is 5.32 Å². The van der Waals surface area contributed by atoms with Gasteiger partial charge in [-0.05, 0) is 11.6 Å². The number of pyridine rings is 1. The quantitative estimate of drug-likeness (QED) is 0.394. The normalized spacial score (nSPS) is 20.4. The van der Waals surface area contributed by atoms with Gasteiger partial charge in [0.05, 0.1) is 11.0 Å². The van der Waals surface area contributed by atoms with E-state index in [9.17, 15) is 10.1 Å². The molecule has 100 valence electrons. The minimum absolute atomic E-state index is 0.0156. The van der Waals surface area contributed by atoms with Gasteiger partial charge in [-0.1, -0.05) is 23.7 Å². The van der Waals surface area contributed by atoms with E-state index in [1.807, 2.05) is 11.0 Å². The molecule has 0 aliphatic carbocycles. The summed E-state index contributed by atoms with van der Waals surface area (Å²) in [5, 5.41) is 14.0. The Morgan fingerprint density at radius 1 is 1.68 bits per heavy atom. The van der Waals surface area contributed by atoms with Crippen molar-refractivity contribution in [3.05, 3.63) is 63.8 Å². The van der Waals surface area contributed by atoms with Crippen LogP contribution in [0.5, 0.6) is 0 Å². The Morgan fingerprint density at radius 2 is 2.47 bits per heavy atom. The van der Waals surface area contributed by atoms with Gasteiger partial charge in [-0.2, -0.15) is 0 Å². The van der Waals surface area contributed by atoms with Crippen LogP contribution in [0.3, 0.4) is 0 Å². The van der Waals surface area contributed by atoms with Crippen molar-refractivity contribution >= 4 is 11.6 Å². The van der Waals surface area contributed by atoms with Gasteiger partial charge in [-0.15, -0.1) is 6.58 Å². The molecule has 2 heterocycles. The number of hydrogen-bond acceptors (Lipinski definition) is 5. The van der Waals surface area contributed by atoms with Crippen molar-refractivity contribution in [2.75, 3.05) is 6.54 Å². The van der Waals surface area contributed by atoms with E-state index in [0.717, 1.165) is 11.8 Å². The number of nitro groups is 1. The second-order valence-electron chi connectivity index (χ2n) is 4.10. The van der Waals surface area contributed by atoms with Gasteiger partial charge in [-0.3, -0.25) is 10.1 Å². The number of nitrogens with zero attached hydrogens (tertiary/aromatic N) is 3. The lowest BCUT2D eigenvalue weighted by molar-refractivity contribution is -0.404. The summed E-state index contributed by atoms with van der Waals surface area (Å²) in [7, 11) is 0. The second kappa shape index (κ2) is 5.71. The van der Waals surface area contributed by atoms with Crippen molar-refractivity contribution in [3.63, 3.8) is 0 Å². The lowest BCUT2D eigenvalue weighted by Gasteiger charge is -2.22. The van der Waals surface area contributed by atoms with Crippen molar-refractivity contribution < 1.29 is 4.92 Å². The zero-order chi connectivity index (χ0) is 13.8. The summed E-state index contributed by atoms with van der Waals surface area (Å²) in [6.45, 7) is 4.86. The molecule has 0 unspecified atom stereocenters. The summed E-state index contributed by atoms with van der Waals surface area (Å²) in [6, 6.07) is 3.56. The molecular formula is C12H13ClN4O2. The van der Waals surface area contributed by atoms with Gasteiger partial charge in [0.1, 0.15) is 5.15 Å². The summed E-state index contributed by atoms with van der Waals surface area (Å²) in [5.41, 5.74) is 0.925. The summed E-state index contributed by atoms with van der Waals surface area (Å²) >= 11 is 5.73. The second-order valence-corrected chi connectivity index (χ2v) is 4.49. The topological polar surface area (TPSA) is 71.3 Å². The van der Waals surface area contributed by atoms with Crippen molar-refractivity contribution in [3.8, 4) is 0 Å². The van der Waals surface area contributed by atoms with Gasteiger partial charge in [-0.25, -0.2) is 4.98 Å². The highest BCUT2D eigenvalue weighted by atomic mass is 35.5. The number of hydrogen-bond donors (Lipinski definition) is 1. The molecule has 1 fully saturated rings. The Bertz CT molecular complexity index is 515. The largest absolute Gasteiger partial charge is 0.364 e. The van der Waals surface area contributed by atoms with Gasteiger partial charge >= 0.3 is 0 Å². The number of aromatic nitrogens is 1. The Hall–Kier alpha value is -2.08. The summed E-state index contributed by atoms with van der Waals surface area (Å²) in [6.07, 6.45) is 4.38. The number of nitrogens with one attached hydrogen (secondary N) is 1. The molecule has 0 amide bonds. The van der Waals surface area contributed by atoms with Crippen molar-refractivity contribution in [2.24, 2.45) is 0 Å². The van der Waals surface area contributed by atoms with Crippen LogP contribution in [0.15, 0.2) is 43.0 Å². The Kier molecular flexibility index (Phi) is 4.01. The highest BCUT2D eigenvalue weighted by Gasteiger charge is 2.27. The minimum atomic E-state index is -0.471. The predicted molar refractivity (Wildman–Crippen MR) is 71.9 cm³/mol. The zero-order valence-electron chi connectivity index (χ0n) is 10.1. The molecule has 19 heavy (non-hydrogen) atoms. The molecule has 1 atom stereocenters. The molecule has 1 aliphatic rings. The molecular weight excluding hydrogens is 268 g/mol. The third-order valence-electron chi connectivity index (χ3n) is 2.84. The molecule has 2 rings (SSSR count). The van der Waals surface area contributed by atoms with Gasteiger partial charge in [0, 0.05) is 19.3 Å². The lowest BCUT2D eigenvalue weighted by atomic mass is 10.2. The molecule has 1 N–H and O–H groups in total. The summed E-state index contributed by atoms with van der Waals surface area (Å²) in [5.74, 6) is 0.477. The first-order valence-corrected chi connectivity index (χ1v) is 6.07. The van der Waals surface area contributed by atoms with E-state index in [1.165, 1.54) is 0 Å². The van der Waals surface area contributed by atoms with Gasteiger partial charge < -0.3 is 10.2 Å². The van der Waals surface area contributed by atoms with Crippen LogP contribution in [0.4, 0.5) is 0 Å². The standard InChI is InChI=1S/C12H13ClN4O2/c1-2-10-6-15-12(8-17(18)19)16(10)7-9-3-4-11(13)14-5-9/h2-5,8,10,15H,1,6-7H2/b12-8+/t10-/m1/s1. The Morgan fingerprint density at radius 3 is 3.05 bits per heavy atom.